The van der Waals surface area contributed by atoms with Gasteiger partial charge in [-0.05, 0) is 56.2 Å². The van der Waals surface area contributed by atoms with Gasteiger partial charge in [-0.1, -0.05) is 36.9 Å². The largest absolute Gasteiger partial charge is 0.340 e. The Morgan fingerprint density at radius 3 is 1.97 bits per heavy atom. The lowest BCUT2D eigenvalue weighted by Crippen LogP contribution is -2.08. The first kappa shape index (κ1) is 31.5. The molecular weight excluding hydrogens is 492 g/mol. The van der Waals surface area contributed by atoms with Crippen molar-refractivity contribution < 1.29 is 25.9 Å². The molecule has 0 bridgehead atoms. The van der Waals surface area contributed by atoms with Crippen LogP contribution in [0.4, 0.5) is 17.3 Å². The fourth-order valence-corrected chi connectivity index (χ4v) is 2.38. The molecule has 0 aliphatic heterocycles. The molecule has 1 aromatic carbocycles. The smallest absolute Gasteiger partial charge is 0.261 e. The molecule has 35 heavy (non-hydrogen) atoms. The van der Waals surface area contributed by atoms with Crippen molar-refractivity contribution in [3.8, 4) is 6.07 Å². The first-order chi connectivity index (χ1) is 16.1. The van der Waals surface area contributed by atoms with E-state index in [0.717, 1.165) is 22.5 Å². The van der Waals surface area contributed by atoms with Gasteiger partial charge in [-0.25, -0.2) is 4.98 Å². The van der Waals surface area contributed by atoms with Crippen molar-refractivity contribution in [1.82, 2.24) is 4.98 Å². The Kier molecular flexibility index (Phi) is 13.2. The van der Waals surface area contributed by atoms with E-state index in [4.69, 9.17) is 9.11 Å². The molecule has 4 N–H and O–H groups in total. The summed E-state index contributed by atoms with van der Waals surface area (Å²) in [6.45, 7) is 9.58. The van der Waals surface area contributed by atoms with Crippen molar-refractivity contribution in [1.29, 1.82) is 5.26 Å². The number of nitrogens with one attached hydrogen (secondary N) is 2. The summed E-state index contributed by atoms with van der Waals surface area (Å²) in [4.78, 5) is 4.65. The van der Waals surface area contributed by atoms with E-state index in [0.29, 0.717) is 29.7 Å². The zero-order chi connectivity index (χ0) is 27.2. The average Bonchev–Trinajstić information content (AvgIpc) is 2.71. The zero-order valence-electron chi connectivity index (χ0n) is 20.1. The van der Waals surface area contributed by atoms with E-state index < -0.39 is 20.2 Å². The van der Waals surface area contributed by atoms with Crippen molar-refractivity contribution in [3.05, 3.63) is 83.6 Å². The van der Waals surface area contributed by atoms with E-state index in [1.807, 2.05) is 69.3 Å². The number of aromatic nitrogens is 1. The van der Waals surface area contributed by atoms with Gasteiger partial charge in [0.25, 0.3) is 20.2 Å². The van der Waals surface area contributed by atoms with Gasteiger partial charge < -0.3 is 10.6 Å². The quantitative estimate of drug-likeness (QED) is 0.315. The number of nitriles is 1. The normalized spacial score (nSPS) is 11.3. The number of benzene rings is 1. The molecule has 190 valence electrons. The van der Waals surface area contributed by atoms with Gasteiger partial charge >= 0.3 is 0 Å². The molecule has 0 aliphatic rings. The van der Waals surface area contributed by atoms with Crippen molar-refractivity contribution in [2.75, 3.05) is 23.1 Å². The average molecular weight is 523 g/mol. The minimum Gasteiger partial charge on any atom is -0.340 e. The lowest BCUT2D eigenvalue weighted by molar-refractivity contribution is 0.488. The molecule has 1 heterocycles. The molecule has 0 aliphatic carbocycles. The van der Waals surface area contributed by atoms with Gasteiger partial charge in [0.15, 0.2) is 5.82 Å². The van der Waals surface area contributed by atoms with Crippen molar-refractivity contribution >= 4 is 37.6 Å². The molecule has 2 aromatic rings. The van der Waals surface area contributed by atoms with Crippen LogP contribution in [0, 0.1) is 25.2 Å². The maximum atomic E-state index is 9.56. The second kappa shape index (κ2) is 14.7. The second-order valence-corrected chi connectivity index (χ2v) is 9.92. The van der Waals surface area contributed by atoms with E-state index in [1.54, 1.807) is 6.08 Å². The number of allylic oxidation sites excluding steroid dienone is 4. The van der Waals surface area contributed by atoms with E-state index in [2.05, 4.69) is 28.3 Å². The van der Waals surface area contributed by atoms with E-state index in [9.17, 15) is 22.1 Å². The Bertz CT molecular complexity index is 1270. The number of para-hydroxylation sites is 1. The van der Waals surface area contributed by atoms with Crippen LogP contribution in [0.1, 0.15) is 23.6 Å². The lowest BCUT2D eigenvalue weighted by Gasteiger charge is -2.16. The first-order valence-electron chi connectivity index (χ1n) is 9.91. The minimum absolute atomic E-state index is 0.540. The maximum absolute atomic E-state index is 9.56. The fraction of sp³-hybridized carbons (Fsp3) is 0.217. The fourth-order valence-electron chi connectivity index (χ4n) is 2.38. The summed E-state index contributed by atoms with van der Waals surface area (Å²) in [6.07, 6.45) is 8.91. The third kappa shape index (κ3) is 15.1. The summed E-state index contributed by atoms with van der Waals surface area (Å²) in [7, 11) is -7.33. The molecule has 0 amide bonds. The monoisotopic (exact) mass is 522 g/mol. The third-order valence-corrected chi connectivity index (χ3v) is 3.81. The van der Waals surface area contributed by atoms with Crippen LogP contribution in [0.25, 0.3) is 0 Å². The van der Waals surface area contributed by atoms with Gasteiger partial charge in [0.05, 0.1) is 18.1 Å². The second-order valence-electron chi connectivity index (χ2n) is 6.99. The molecule has 1 aromatic heterocycles. The topological polar surface area (TPSA) is 169 Å². The molecule has 0 spiro atoms. The van der Waals surface area contributed by atoms with E-state index in [-0.39, 0.29) is 0 Å². The summed E-state index contributed by atoms with van der Waals surface area (Å²) in [5, 5.41) is 16.1. The number of rotatable bonds is 6. The van der Waals surface area contributed by atoms with Gasteiger partial charge in [0, 0.05) is 11.4 Å². The van der Waals surface area contributed by atoms with Crippen LogP contribution in [0.2, 0.25) is 0 Å². The zero-order valence-corrected chi connectivity index (χ0v) is 21.8. The molecule has 12 heteroatoms. The van der Waals surface area contributed by atoms with Gasteiger partial charge in [0.2, 0.25) is 0 Å². The minimum atomic E-state index is -3.67. The highest BCUT2D eigenvalue weighted by Gasteiger charge is 2.15. The van der Waals surface area contributed by atoms with Crippen LogP contribution in [-0.4, -0.2) is 43.4 Å². The van der Waals surface area contributed by atoms with Crippen molar-refractivity contribution in [2.24, 2.45) is 0 Å². The Morgan fingerprint density at radius 1 is 1.03 bits per heavy atom. The van der Waals surface area contributed by atoms with Gasteiger partial charge in [0.1, 0.15) is 11.9 Å². The van der Waals surface area contributed by atoms with Crippen molar-refractivity contribution in [2.45, 2.75) is 20.8 Å². The van der Waals surface area contributed by atoms with Gasteiger partial charge in [-0.2, -0.15) is 22.1 Å². The summed E-state index contributed by atoms with van der Waals surface area (Å²) >= 11 is 0. The third-order valence-electron chi connectivity index (χ3n) is 3.81. The van der Waals surface area contributed by atoms with Crippen LogP contribution in [-0.2, 0) is 20.2 Å². The highest BCUT2D eigenvalue weighted by molar-refractivity contribution is 7.85. The number of hydrogen-bond donors (Lipinski definition) is 4. The number of pyridine rings is 1. The van der Waals surface area contributed by atoms with Crippen molar-refractivity contribution in [3.63, 3.8) is 0 Å². The van der Waals surface area contributed by atoms with Crippen LogP contribution in [0.3, 0.4) is 0 Å². The van der Waals surface area contributed by atoms with Gasteiger partial charge in [-0.15, -0.1) is 0 Å². The molecule has 0 unspecified atom stereocenters. The molecule has 0 saturated carbocycles. The van der Waals surface area contributed by atoms with Crippen LogP contribution < -0.4 is 10.6 Å². The highest BCUT2D eigenvalue weighted by Crippen LogP contribution is 2.28. The molecule has 2 rings (SSSR count). The Balaban J connectivity index is 0.000000975. The highest BCUT2D eigenvalue weighted by atomic mass is 32.2. The number of nitrogens with zero attached hydrogens (tertiary/aromatic N) is 2. The van der Waals surface area contributed by atoms with E-state index in [1.165, 1.54) is 0 Å². The lowest BCUT2D eigenvalue weighted by atomic mass is 10.1. The predicted molar refractivity (Wildman–Crippen MR) is 140 cm³/mol. The number of anilines is 3. The summed E-state index contributed by atoms with van der Waals surface area (Å²) in [6, 6.07) is 12.0. The standard InChI is InChI=1S/C21H22N4.2CH4O3S/c1-5-10-17(11-6-2)23-20-16(4)15(3)19(14-22)21(25-20)24-18-12-8-7-9-13-18;2*1-5(2,3)4/h5-13H,1H2,2-4H3,(H2,23,24,25);2*1H3,(H,2,3,4)/b11-6-,17-10+;;. The summed E-state index contributed by atoms with van der Waals surface area (Å²) in [5.41, 5.74) is 4.15. The predicted octanol–water partition coefficient (Wildman–Crippen LogP) is 4.38. The maximum Gasteiger partial charge on any atom is 0.261 e. The Hall–Kier alpha value is -3.50. The summed E-state index contributed by atoms with van der Waals surface area (Å²) in [5.74, 6) is 1.25. The molecule has 0 radical (unpaired) electrons. The molecule has 0 saturated heterocycles. The van der Waals surface area contributed by atoms with Crippen LogP contribution in [0.5, 0.6) is 0 Å². The molecular formula is C23H30N4O6S2. The van der Waals surface area contributed by atoms with Crippen LogP contribution in [0.15, 0.2) is 66.9 Å². The summed E-state index contributed by atoms with van der Waals surface area (Å²) < 4.78 is 51.7. The Morgan fingerprint density at radius 2 is 1.54 bits per heavy atom. The number of hydrogen-bond acceptors (Lipinski definition) is 8. The SMILES string of the molecule is C=C/C=C(\C=C/C)Nc1nc(Nc2ccccc2)c(C#N)c(C)c1C.CS(=O)(=O)O.CS(=O)(=O)O. The Labute approximate surface area is 207 Å². The molecule has 10 nitrogen and oxygen atoms in total. The van der Waals surface area contributed by atoms with Gasteiger partial charge in [-0.3, -0.25) is 9.11 Å². The molecule has 0 fully saturated rings. The van der Waals surface area contributed by atoms with E-state index >= 15 is 0 Å². The van der Waals surface area contributed by atoms with Crippen LogP contribution >= 0.6 is 0 Å². The first-order valence-corrected chi connectivity index (χ1v) is 13.6. The molecule has 0 atom stereocenters.